The molecule has 24 heavy (non-hydrogen) atoms. The smallest absolute Gasteiger partial charge is 0.255 e. The first kappa shape index (κ1) is 17.0. The number of amides is 3. The maximum absolute atomic E-state index is 12.7. The van der Waals surface area contributed by atoms with Crippen molar-refractivity contribution in [2.24, 2.45) is 0 Å². The summed E-state index contributed by atoms with van der Waals surface area (Å²) in [5.74, 6) is -0.154. The number of imide groups is 1. The molecule has 0 aromatic heterocycles. The van der Waals surface area contributed by atoms with Crippen LogP contribution in [0.5, 0.6) is 5.75 Å². The molecule has 128 valence electrons. The number of unbranched alkanes of at least 4 members (excludes halogenated alkanes) is 1. The van der Waals surface area contributed by atoms with Crippen LogP contribution in [0.3, 0.4) is 0 Å². The summed E-state index contributed by atoms with van der Waals surface area (Å²) in [5, 5.41) is 3.24. The Morgan fingerprint density at radius 3 is 2.83 bits per heavy atom. The summed E-state index contributed by atoms with van der Waals surface area (Å²) in [4.78, 5) is 37.5. The van der Waals surface area contributed by atoms with Crippen molar-refractivity contribution < 1.29 is 19.1 Å². The molecule has 3 rings (SSSR count). The lowest BCUT2D eigenvalue weighted by Crippen LogP contribution is -2.52. The van der Waals surface area contributed by atoms with Gasteiger partial charge >= 0.3 is 0 Å². The average Bonchev–Trinajstić information content (AvgIpc) is 2.89. The van der Waals surface area contributed by atoms with Crippen LogP contribution in [0.25, 0.3) is 0 Å². The van der Waals surface area contributed by atoms with Gasteiger partial charge in [0.25, 0.3) is 5.91 Å². The molecule has 6 nitrogen and oxygen atoms in total. The number of hydrogen-bond acceptors (Lipinski definition) is 4. The second-order valence-corrected chi connectivity index (χ2v) is 6.72. The summed E-state index contributed by atoms with van der Waals surface area (Å²) < 4.78 is 5.82. The second-order valence-electron chi connectivity index (χ2n) is 5.93. The molecule has 1 unspecified atom stereocenters. The number of rotatable bonds is 6. The molecule has 7 heteroatoms. The van der Waals surface area contributed by atoms with Gasteiger partial charge < -0.3 is 9.64 Å². The van der Waals surface area contributed by atoms with Crippen LogP contribution in [-0.2, 0) is 16.1 Å². The van der Waals surface area contributed by atoms with E-state index in [1.165, 1.54) is 4.90 Å². The van der Waals surface area contributed by atoms with Crippen LogP contribution in [-0.4, -0.2) is 40.6 Å². The van der Waals surface area contributed by atoms with Crippen LogP contribution in [0.2, 0.25) is 0 Å². The van der Waals surface area contributed by atoms with Gasteiger partial charge in [-0.05, 0) is 31.4 Å². The van der Waals surface area contributed by atoms with Crippen LogP contribution in [0, 0.1) is 0 Å². The molecule has 1 aromatic rings. The topological polar surface area (TPSA) is 75.7 Å². The molecule has 1 aromatic carbocycles. The predicted molar refractivity (Wildman–Crippen MR) is 91.0 cm³/mol. The standard InChI is InChI=1S/C17H19BrN2O4/c18-8-1-2-9-24-14-5-3-4-11-12(14)10-20(17(11)23)13-6-7-15(21)19-16(13)22/h3-5,13H,1-2,6-10H2,(H,19,21,22). The summed E-state index contributed by atoms with van der Waals surface area (Å²) in [6.07, 6.45) is 2.58. The Labute approximate surface area is 148 Å². The Morgan fingerprint density at radius 1 is 1.25 bits per heavy atom. The molecule has 2 heterocycles. The third-order valence-corrected chi connectivity index (χ3v) is 4.89. The van der Waals surface area contributed by atoms with Gasteiger partial charge in [0.15, 0.2) is 0 Å². The molecular weight excluding hydrogens is 376 g/mol. The zero-order valence-corrected chi connectivity index (χ0v) is 14.8. The van der Waals surface area contributed by atoms with Crippen molar-refractivity contribution in [2.75, 3.05) is 11.9 Å². The van der Waals surface area contributed by atoms with E-state index >= 15 is 0 Å². The van der Waals surface area contributed by atoms with Crippen molar-refractivity contribution in [3.05, 3.63) is 29.3 Å². The average molecular weight is 395 g/mol. The SMILES string of the molecule is O=C1CCC(N2Cc3c(OCCCCBr)cccc3C2=O)C(=O)N1. The van der Waals surface area contributed by atoms with E-state index in [0.717, 1.165) is 23.7 Å². The maximum Gasteiger partial charge on any atom is 0.255 e. The fraction of sp³-hybridized carbons (Fsp3) is 0.471. The van der Waals surface area contributed by atoms with Gasteiger partial charge in [0, 0.05) is 22.9 Å². The number of ether oxygens (including phenoxy) is 1. The van der Waals surface area contributed by atoms with E-state index in [9.17, 15) is 14.4 Å². The number of hydrogen-bond donors (Lipinski definition) is 1. The van der Waals surface area contributed by atoms with Crippen LogP contribution in [0.15, 0.2) is 18.2 Å². The molecule has 0 bridgehead atoms. The molecule has 0 spiro atoms. The van der Waals surface area contributed by atoms with Crippen LogP contribution >= 0.6 is 15.9 Å². The second kappa shape index (κ2) is 7.34. The lowest BCUT2D eigenvalue weighted by molar-refractivity contribution is -0.136. The minimum absolute atomic E-state index is 0.176. The van der Waals surface area contributed by atoms with Crippen LogP contribution in [0.1, 0.15) is 41.6 Å². The van der Waals surface area contributed by atoms with E-state index in [-0.39, 0.29) is 18.2 Å². The van der Waals surface area contributed by atoms with E-state index in [0.29, 0.717) is 30.9 Å². The monoisotopic (exact) mass is 394 g/mol. The van der Waals surface area contributed by atoms with E-state index in [1.54, 1.807) is 12.1 Å². The molecule has 1 saturated heterocycles. The molecule has 2 aliphatic rings. The number of halogens is 1. The maximum atomic E-state index is 12.7. The quantitative estimate of drug-likeness (QED) is 0.454. The molecule has 1 fully saturated rings. The summed E-state index contributed by atoms with van der Waals surface area (Å²) in [7, 11) is 0. The van der Waals surface area contributed by atoms with E-state index < -0.39 is 11.9 Å². The Kier molecular flexibility index (Phi) is 5.18. The Hall–Kier alpha value is -1.89. The fourth-order valence-electron chi connectivity index (χ4n) is 3.07. The first-order chi connectivity index (χ1) is 11.6. The summed E-state index contributed by atoms with van der Waals surface area (Å²) in [5.41, 5.74) is 1.41. The zero-order chi connectivity index (χ0) is 17.1. The number of carbonyl (C=O) groups is 3. The highest BCUT2D eigenvalue weighted by atomic mass is 79.9. The highest BCUT2D eigenvalue weighted by Gasteiger charge is 2.40. The van der Waals surface area contributed by atoms with E-state index in [1.807, 2.05) is 6.07 Å². The summed E-state index contributed by atoms with van der Waals surface area (Å²) in [6, 6.07) is 4.82. The minimum atomic E-state index is -0.594. The molecule has 2 aliphatic heterocycles. The number of benzene rings is 1. The Bertz CT molecular complexity index is 677. The number of nitrogens with one attached hydrogen (secondary N) is 1. The van der Waals surface area contributed by atoms with Crippen molar-refractivity contribution in [3.63, 3.8) is 0 Å². The largest absolute Gasteiger partial charge is 0.493 e. The summed E-state index contributed by atoms with van der Waals surface area (Å²) in [6.45, 7) is 0.934. The Balaban J connectivity index is 1.75. The fourth-order valence-corrected chi connectivity index (χ4v) is 3.47. The number of carbonyl (C=O) groups excluding carboxylic acids is 3. The van der Waals surface area contributed by atoms with Crippen molar-refractivity contribution in [1.29, 1.82) is 0 Å². The van der Waals surface area contributed by atoms with Gasteiger partial charge in [-0.15, -0.1) is 0 Å². The van der Waals surface area contributed by atoms with Gasteiger partial charge in [-0.1, -0.05) is 22.0 Å². The molecule has 0 radical (unpaired) electrons. The summed E-state index contributed by atoms with van der Waals surface area (Å²) >= 11 is 3.39. The van der Waals surface area contributed by atoms with Crippen molar-refractivity contribution in [1.82, 2.24) is 10.2 Å². The van der Waals surface area contributed by atoms with Crippen molar-refractivity contribution >= 4 is 33.7 Å². The lowest BCUT2D eigenvalue weighted by atomic mass is 10.0. The van der Waals surface area contributed by atoms with Gasteiger partial charge in [0.2, 0.25) is 11.8 Å². The van der Waals surface area contributed by atoms with Crippen LogP contribution in [0.4, 0.5) is 0 Å². The molecule has 1 N–H and O–H groups in total. The molecule has 3 amide bonds. The molecule has 1 atom stereocenters. The van der Waals surface area contributed by atoms with Gasteiger partial charge in [-0.25, -0.2) is 0 Å². The number of nitrogens with zero attached hydrogens (tertiary/aromatic N) is 1. The first-order valence-corrected chi connectivity index (χ1v) is 9.19. The number of alkyl halides is 1. The third kappa shape index (κ3) is 3.31. The Morgan fingerprint density at radius 2 is 2.08 bits per heavy atom. The minimum Gasteiger partial charge on any atom is -0.493 e. The van der Waals surface area contributed by atoms with Crippen molar-refractivity contribution in [2.45, 2.75) is 38.3 Å². The van der Waals surface area contributed by atoms with Gasteiger partial charge in [0.05, 0.1) is 13.2 Å². The van der Waals surface area contributed by atoms with E-state index in [4.69, 9.17) is 4.74 Å². The third-order valence-electron chi connectivity index (χ3n) is 4.32. The van der Waals surface area contributed by atoms with Gasteiger partial charge in [-0.2, -0.15) is 0 Å². The molecular formula is C17H19BrN2O4. The first-order valence-electron chi connectivity index (χ1n) is 8.07. The number of piperidine rings is 1. The zero-order valence-electron chi connectivity index (χ0n) is 13.2. The normalized spacial score (nSPS) is 20.1. The molecule has 0 saturated carbocycles. The van der Waals surface area contributed by atoms with Gasteiger partial charge in [0.1, 0.15) is 11.8 Å². The van der Waals surface area contributed by atoms with E-state index in [2.05, 4.69) is 21.2 Å². The lowest BCUT2D eigenvalue weighted by Gasteiger charge is -2.29. The number of fused-ring (bicyclic) bond motifs is 1. The highest BCUT2D eigenvalue weighted by Crippen LogP contribution is 2.33. The van der Waals surface area contributed by atoms with Gasteiger partial charge in [-0.3, -0.25) is 19.7 Å². The highest BCUT2D eigenvalue weighted by molar-refractivity contribution is 9.09. The van der Waals surface area contributed by atoms with Crippen molar-refractivity contribution in [3.8, 4) is 5.75 Å². The predicted octanol–water partition coefficient (Wildman–Crippen LogP) is 2.00. The molecule has 0 aliphatic carbocycles. The van der Waals surface area contributed by atoms with Crippen LogP contribution < -0.4 is 10.1 Å².